The molecule has 2 nitrogen and oxygen atoms in total. The normalized spacial score (nSPS) is 25.9. The molecule has 0 aromatic carbocycles. The van der Waals surface area contributed by atoms with Crippen molar-refractivity contribution >= 4 is 0 Å². The Morgan fingerprint density at radius 3 is 2.71 bits per heavy atom. The summed E-state index contributed by atoms with van der Waals surface area (Å²) in [5, 5.41) is 0. The second-order valence-electron chi connectivity index (χ2n) is 4.95. The van der Waals surface area contributed by atoms with Gasteiger partial charge in [0.1, 0.15) is 0 Å². The summed E-state index contributed by atoms with van der Waals surface area (Å²) in [5.74, 6) is 0.801. The van der Waals surface area contributed by atoms with E-state index in [1.165, 1.54) is 32.4 Å². The van der Waals surface area contributed by atoms with E-state index in [2.05, 4.69) is 25.7 Å². The Labute approximate surface area is 88.8 Å². The summed E-state index contributed by atoms with van der Waals surface area (Å²) in [6.07, 6.45) is 5.04. The summed E-state index contributed by atoms with van der Waals surface area (Å²) in [5.41, 5.74) is 5.95. The van der Waals surface area contributed by atoms with Crippen LogP contribution in [0.1, 0.15) is 46.5 Å². The van der Waals surface area contributed by atoms with Crippen LogP contribution >= 0.6 is 0 Å². The van der Waals surface area contributed by atoms with E-state index in [9.17, 15) is 0 Å². The molecular weight excluding hydrogens is 172 g/mol. The van der Waals surface area contributed by atoms with Crippen LogP contribution in [0.3, 0.4) is 0 Å². The Balaban J connectivity index is 2.29. The van der Waals surface area contributed by atoms with Crippen LogP contribution in [0, 0.1) is 5.92 Å². The van der Waals surface area contributed by atoms with E-state index in [1.54, 1.807) is 0 Å². The molecule has 2 atom stereocenters. The van der Waals surface area contributed by atoms with E-state index < -0.39 is 0 Å². The van der Waals surface area contributed by atoms with E-state index in [4.69, 9.17) is 5.73 Å². The summed E-state index contributed by atoms with van der Waals surface area (Å²) >= 11 is 0. The van der Waals surface area contributed by atoms with Crippen LogP contribution < -0.4 is 5.73 Å². The molecule has 2 heteroatoms. The highest BCUT2D eigenvalue weighted by Crippen LogP contribution is 2.23. The van der Waals surface area contributed by atoms with Crippen molar-refractivity contribution in [1.29, 1.82) is 0 Å². The van der Waals surface area contributed by atoms with Gasteiger partial charge in [0, 0.05) is 12.1 Å². The van der Waals surface area contributed by atoms with Crippen molar-refractivity contribution in [2.24, 2.45) is 11.7 Å². The fourth-order valence-corrected chi connectivity index (χ4v) is 2.42. The van der Waals surface area contributed by atoms with Gasteiger partial charge in [0.15, 0.2) is 0 Å². The number of nitrogens with zero attached hydrogens (tertiary/aromatic N) is 1. The second kappa shape index (κ2) is 5.72. The number of likely N-dealkylation sites (tertiary alicyclic amines) is 1. The Bertz CT molecular complexity index is 156. The molecule has 0 aromatic rings. The maximum absolute atomic E-state index is 5.95. The third-order valence-electron chi connectivity index (χ3n) is 3.50. The highest BCUT2D eigenvalue weighted by atomic mass is 15.2. The van der Waals surface area contributed by atoms with Crippen LogP contribution in [0.25, 0.3) is 0 Å². The van der Waals surface area contributed by atoms with Crippen LogP contribution in [0.2, 0.25) is 0 Å². The first-order chi connectivity index (χ1) is 6.65. The molecule has 84 valence electrons. The Morgan fingerprint density at radius 2 is 2.14 bits per heavy atom. The molecular formula is C12H26N2. The predicted molar refractivity (Wildman–Crippen MR) is 62.3 cm³/mol. The van der Waals surface area contributed by atoms with Gasteiger partial charge < -0.3 is 10.6 Å². The summed E-state index contributed by atoms with van der Waals surface area (Å²) in [4.78, 5) is 2.64. The van der Waals surface area contributed by atoms with Crippen molar-refractivity contribution < 1.29 is 0 Å². The minimum atomic E-state index is 0.406. The van der Waals surface area contributed by atoms with E-state index in [-0.39, 0.29) is 0 Å². The smallest absolute Gasteiger partial charge is 0.0119 e. The minimum absolute atomic E-state index is 0.406. The van der Waals surface area contributed by atoms with Crippen LogP contribution in [0.15, 0.2) is 0 Å². The zero-order chi connectivity index (χ0) is 10.6. The summed E-state index contributed by atoms with van der Waals surface area (Å²) < 4.78 is 0. The van der Waals surface area contributed by atoms with Gasteiger partial charge in [0.05, 0.1) is 0 Å². The zero-order valence-corrected chi connectivity index (χ0v) is 10.00. The summed E-state index contributed by atoms with van der Waals surface area (Å²) in [6, 6.07) is 1.22. The maximum Gasteiger partial charge on any atom is 0.0119 e. The van der Waals surface area contributed by atoms with Crippen LogP contribution in [0.4, 0.5) is 0 Å². The molecule has 1 rings (SSSR count). The molecule has 0 bridgehead atoms. The lowest BCUT2D eigenvalue weighted by Crippen LogP contribution is -2.36. The Morgan fingerprint density at radius 1 is 1.43 bits per heavy atom. The van der Waals surface area contributed by atoms with E-state index >= 15 is 0 Å². The van der Waals surface area contributed by atoms with Crippen LogP contribution in [0.5, 0.6) is 0 Å². The third kappa shape index (κ3) is 3.25. The molecule has 0 aliphatic carbocycles. The molecule has 1 aliphatic heterocycles. The molecule has 1 fully saturated rings. The van der Waals surface area contributed by atoms with Crippen molar-refractivity contribution in [3.63, 3.8) is 0 Å². The molecule has 0 radical (unpaired) electrons. The van der Waals surface area contributed by atoms with Crippen LogP contribution in [-0.2, 0) is 0 Å². The monoisotopic (exact) mass is 198 g/mol. The largest absolute Gasteiger partial charge is 0.328 e. The van der Waals surface area contributed by atoms with Crippen molar-refractivity contribution in [2.75, 3.05) is 13.1 Å². The SMILES string of the molecule is CCC(N)CCN1CCCC1C(C)C. The van der Waals surface area contributed by atoms with Gasteiger partial charge in [-0.3, -0.25) is 0 Å². The third-order valence-corrected chi connectivity index (χ3v) is 3.50. The van der Waals surface area contributed by atoms with E-state index in [0.29, 0.717) is 6.04 Å². The number of hydrogen-bond acceptors (Lipinski definition) is 2. The first kappa shape index (κ1) is 12.0. The van der Waals surface area contributed by atoms with Crippen LogP contribution in [-0.4, -0.2) is 30.1 Å². The van der Waals surface area contributed by atoms with Crippen molar-refractivity contribution in [3.05, 3.63) is 0 Å². The average molecular weight is 198 g/mol. The van der Waals surface area contributed by atoms with E-state index in [1.807, 2.05) is 0 Å². The molecule has 1 saturated heterocycles. The highest BCUT2D eigenvalue weighted by molar-refractivity contribution is 4.82. The van der Waals surface area contributed by atoms with Gasteiger partial charge in [-0.1, -0.05) is 20.8 Å². The highest BCUT2D eigenvalue weighted by Gasteiger charge is 2.26. The summed E-state index contributed by atoms with van der Waals surface area (Å²) in [6.45, 7) is 9.34. The van der Waals surface area contributed by atoms with Gasteiger partial charge in [0.2, 0.25) is 0 Å². The first-order valence-electron chi connectivity index (χ1n) is 6.14. The second-order valence-corrected chi connectivity index (χ2v) is 4.95. The Kier molecular flexibility index (Phi) is 4.90. The molecule has 1 aliphatic rings. The standard InChI is InChI=1S/C12H26N2/c1-4-11(13)7-9-14-8-5-6-12(14)10(2)3/h10-12H,4-9,13H2,1-3H3. The van der Waals surface area contributed by atoms with Gasteiger partial charge in [-0.2, -0.15) is 0 Å². The van der Waals surface area contributed by atoms with E-state index in [0.717, 1.165) is 18.4 Å². The number of hydrogen-bond donors (Lipinski definition) is 1. The number of rotatable bonds is 5. The van der Waals surface area contributed by atoms with Gasteiger partial charge in [-0.15, -0.1) is 0 Å². The lowest BCUT2D eigenvalue weighted by molar-refractivity contribution is 0.199. The lowest BCUT2D eigenvalue weighted by Gasteiger charge is -2.28. The minimum Gasteiger partial charge on any atom is -0.328 e. The topological polar surface area (TPSA) is 29.3 Å². The maximum atomic E-state index is 5.95. The average Bonchev–Trinajstić information content (AvgIpc) is 2.62. The molecule has 0 saturated carbocycles. The number of nitrogens with two attached hydrogens (primary N) is 1. The summed E-state index contributed by atoms with van der Waals surface area (Å²) in [7, 11) is 0. The van der Waals surface area contributed by atoms with Gasteiger partial charge in [-0.05, 0) is 44.7 Å². The van der Waals surface area contributed by atoms with Crippen molar-refractivity contribution in [1.82, 2.24) is 4.90 Å². The lowest BCUT2D eigenvalue weighted by atomic mass is 10.0. The fourth-order valence-electron chi connectivity index (χ4n) is 2.42. The predicted octanol–water partition coefficient (Wildman–Crippen LogP) is 2.23. The molecule has 0 aromatic heterocycles. The molecule has 14 heavy (non-hydrogen) atoms. The van der Waals surface area contributed by atoms with Crippen molar-refractivity contribution in [2.45, 2.75) is 58.5 Å². The van der Waals surface area contributed by atoms with Crippen molar-refractivity contribution in [3.8, 4) is 0 Å². The molecule has 2 N–H and O–H groups in total. The van der Waals surface area contributed by atoms with Gasteiger partial charge in [-0.25, -0.2) is 0 Å². The molecule has 2 unspecified atom stereocenters. The van der Waals surface area contributed by atoms with Gasteiger partial charge >= 0.3 is 0 Å². The molecule has 1 heterocycles. The fraction of sp³-hybridized carbons (Fsp3) is 1.00. The Hall–Kier alpha value is -0.0800. The molecule has 0 spiro atoms. The first-order valence-corrected chi connectivity index (χ1v) is 6.14. The van der Waals surface area contributed by atoms with Gasteiger partial charge in [0.25, 0.3) is 0 Å². The zero-order valence-electron chi connectivity index (χ0n) is 10.00. The molecule has 0 amide bonds. The quantitative estimate of drug-likeness (QED) is 0.734.